The second-order valence-electron chi connectivity index (χ2n) is 8.66. The van der Waals surface area contributed by atoms with E-state index in [0.717, 1.165) is 47.9 Å². The van der Waals surface area contributed by atoms with Crippen molar-refractivity contribution in [1.29, 1.82) is 5.41 Å². The lowest BCUT2D eigenvalue weighted by Crippen LogP contribution is -2.18. The van der Waals surface area contributed by atoms with Gasteiger partial charge in [-0.1, -0.05) is 12.1 Å². The first kappa shape index (κ1) is 21.7. The molecule has 3 heterocycles. The summed E-state index contributed by atoms with van der Waals surface area (Å²) in [7, 11) is 0. The van der Waals surface area contributed by atoms with Gasteiger partial charge in [0.1, 0.15) is 5.82 Å². The Bertz CT molecular complexity index is 1370. The first-order valence-corrected chi connectivity index (χ1v) is 11.3. The number of carbonyl (C=O) groups is 1. The van der Waals surface area contributed by atoms with E-state index in [1.54, 1.807) is 24.4 Å². The van der Waals surface area contributed by atoms with Gasteiger partial charge in [-0.25, -0.2) is 4.98 Å². The fraction of sp³-hybridized carbons (Fsp3) is 0.192. The minimum Gasteiger partial charge on any atom is -0.398 e. The summed E-state index contributed by atoms with van der Waals surface area (Å²) in [6, 6.07) is 13.2. The number of fused-ring (bicyclic) bond motifs is 1. The molecule has 0 aliphatic carbocycles. The van der Waals surface area contributed by atoms with Crippen molar-refractivity contribution in [2.75, 3.05) is 29.9 Å². The Morgan fingerprint density at radius 2 is 1.91 bits per heavy atom. The van der Waals surface area contributed by atoms with Crippen LogP contribution < -0.4 is 16.8 Å². The first-order chi connectivity index (χ1) is 16.5. The summed E-state index contributed by atoms with van der Waals surface area (Å²) in [5.41, 5.74) is 17.6. The molecule has 1 aliphatic rings. The zero-order valence-corrected chi connectivity index (χ0v) is 18.8. The van der Waals surface area contributed by atoms with Gasteiger partial charge in [-0.3, -0.25) is 9.69 Å². The van der Waals surface area contributed by atoms with E-state index in [0.29, 0.717) is 22.6 Å². The molecule has 0 bridgehead atoms. The lowest BCUT2D eigenvalue weighted by Gasteiger charge is -2.15. The molecule has 1 fully saturated rings. The zero-order valence-electron chi connectivity index (χ0n) is 18.8. The highest BCUT2D eigenvalue weighted by Gasteiger charge is 2.17. The molecular formula is C26H27N7O. The molecular weight excluding hydrogens is 426 g/mol. The van der Waals surface area contributed by atoms with E-state index in [4.69, 9.17) is 16.9 Å². The fourth-order valence-electron chi connectivity index (χ4n) is 4.51. The molecule has 0 saturated carbocycles. The number of nitrogens with zero attached hydrogens (tertiary/aromatic N) is 2. The molecule has 2 aromatic carbocycles. The number of aromatic amines is 1. The Hall–Kier alpha value is -4.17. The largest absolute Gasteiger partial charge is 0.398 e. The standard InChI is InChI=1S/C26H27N7O/c27-12-18-9-17(22-13-30-23-14-31-24(28)11-20(22)23)10-21(25(18)29)26(34)32-19-5-3-16(4-6-19)15-33-7-1-2-8-33/h3-6,9-14,27,30H,1-2,7-8,15,29H2,(H2,28,31)(H,32,34). The maximum Gasteiger partial charge on any atom is 0.257 e. The minimum atomic E-state index is -0.323. The topological polar surface area (TPSA) is 137 Å². The van der Waals surface area contributed by atoms with E-state index in [1.807, 2.05) is 30.5 Å². The number of anilines is 3. The van der Waals surface area contributed by atoms with Gasteiger partial charge in [-0.15, -0.1) is 0 Å². The van der Waals surface area contributed by atoms with E-state index in [9.17, 15) is 4.79 Å². The Morgan fingerprint density at radius 3 is 2.65 bits per heavy atom. The highest BCUT2D eigenvalue weighted by atomic mass is 16.1. The molecule has 7 N–H and O–H groups in total. The van der Waals surface area contributed by atoms with Crippen molar-refractivity contribution in [1.82, 2.24) is 14.9 Å². The molecule has 0 radical (unpaired) electrons. The highest BCUT2D eigenvalue weighted by Crippen LogP contribution is 2.33. The number of carbonyl (C=O) groups excluding carboxylic acids is 1. The zero-order chi connectivity index (χ0) is 23.7. The summed E-state index contributed by atoms with van der Waals surface area (Å²) in [5, 5.41) is 11.6. The van der Waals surface area contributed by atoms with E-state index in [1.165, 1.54) is 18.4 Å². The van der Waals surface area contributed by atoms with Gasteiger partial charge in [0.15, 0.2) is 0 Å². The third kappa shape index (κ3) is 4.23. The van der Waals surface area contributed by atoms with Crippen LogP contribution in [0.2, 0.25) is 0 Å². The van der Waals surface area contributed by atoms with Gasteiger partial charge >= 0.3 is 0 Å². The van der Waals surface area contributed by atoms with Crippen LogP contribution in [-0.4, -0.2) is 40.1 Å². The molecule has 1 saturated heterocycles. The van der Waals surface area contributed by atoms with Crippen molar-refractivity contribution >= 4 is 40.2 Å². The Balaban J connectivity index is 1.43. The Labute approximate surface area is 197 Å². The fourth-order valence-corrected chi connectivity index (χ4v) is 4.51. The summed E-state index contributed by atoms with van der Waals surface area (Å²) in [6.45, 7) is 3.21. The van der Waals surface area contributed by atoms with Gasteiger partial charge in [-0.2, -0.15) is 0 Å². The minimum absolute atomic E-state index is 0.267. The molecule has 4 aromatic rings. The number of H-pyrrole nitrogens is 1. The van der Waals surface area contributed by atoms with Gasteiger partial charge in [-0.05, 0) is 67.4 Å². The normalized spacial score (nSPS) is 13.9. The van der Waals surface area contributed by atoms with Crippen molar-refractivity contribution in [2.45, 2.75) is 19.4 Å². The summed E-state index contributed by atoms with van der Waals surface area (Å²) in [4.78, 5) is 22.9. The van der Waals surface area contributed by atoms with Crippen molar-refractivity contribution in [3.63, 3.8) is 0 Å². The van der Waals surface area contributed by atoms with Crippen LogP contribution in [-0.2, 0) is 6.54 Å². The van der Waals surface area contributed by atoms with E-state index >= 15 is 0 Å². The number of nitrogens with one attached hydrogen (secondary N) is 3. The van der Waals surface area contributed by atoms with Crippen molar-refractivity contribution < 1.29 is 4.79 Å². The van der Waals surface area contributed by atoms with E-state index in [2.05, 4.69) is 20.2 Å². The molecule has 1 amide bonds. The van der Waals surface area contributed by atoms with Crippen LogP contribution in [0.25, 0.3) is 22.0 Å². The number of hydrogen-bond acceptors (Lipinski definition) is 6. The van der Waals surface area contributed by atoms with Gasteiger partial charge in [0.2, 0.25) is 0 Å². The number of nitrogens with two attached hydrogens (primary N) is 2. The van der Waals surface area contributed by atoms with Crippen molar-refractivity contribution in [2.24, 2.45) is 0 Å². The molecule has 34 heavy (non-hydrogen) atoms. The average molecular weight is 454 g/mol. The number of amides is 1. The predicted octanol–water partition coefficient (Wildman–Crippen LogP) is 4.24. The number of aromatic nitrogens is 2. The smallest absolute Gasteiger partial charge is 0.257 e. The molecule has 5 rings (SSSR count). The summed E-state index contributed by atoms with van der Waals surface area (Å²) < 4.78 is 0. The maximum atomic E-state index is 13.2. The summed E-state index contributed by atoms with van der Waals surface area (Å²) in [6.07, 6.45) is 7.19. The van der Waals surface area contributed by atoms with Crippen LogP contribution in [0.5, 0.6) is 0 Å². The summed E-state index contributed by atoms with van der Waals surface area (Å²) in [5.74, 6) is 0.0815. The first-order valence-electron chi connectivity index (χ1n) is 11.3. The summed E-state index contributed by atoms with van der Waals surface area (Å²) >= 11 is 0. The number of benzene rings is 2. The number of likely N-dealkylation sites (tertiary alicyclic amines) is 1. The quantitative estimate of drug-likeness (QED) is 0.220. The second kappa shape index (κ2) is 8.99. The third-order valence-corrected chi connectivity index (χ3v) is 6.33. The molecule has 2 aromatic heterocycles. The van der Waals surface area contributed by atoms with Gasteiger partial charge in [0.25, 0.3) is 5.91 Å². The lowest BCUT2D eigenvalue weighted by molar-refractivity contribution is 0.102. The van der Waals surface area contributed by atoms with Crippen molar-refractivity contribution in [3.05, 3.63) is 71.5 Å². The average Bonchev–Trinajstić information content (AvgIpc) is 3.50. The van der Waals surface area contributed by atoms with Gasteiger partial charge in [0, 0.05) is 41.2 Å². The van der Waals surface area contributed by atoms with Gasteiger partial charge < -0.3 is 27.2 Å². The molecule has 172 valence electrons. The SMILES string of the molecule is N=Cc1cc(-c2c[nH]c3cnc(N)cc23)cc(C(=O)Nc2ccc(CN3CCCC3)cc2)c1N. The number of rotatable bonds is 6. The van der Waals surface area contributed by atoms with Crippen molar-refractivity contribution in [3.8, 4) is 11.1 Å². The predicted molar refractivity (Wildman–Crippen MR) is 137 cm³/mol. The van der Waals surface area contributed by atoms with Crippen LogP contribution >= 0.6 is 0 Å². The van der Waals surface area contributed by atoms with Crippen LogP contribution in [0.4, 0.5) is 17.2 Å². The second-order valence-corrected chi connectivity index (χ2v) is 8.66. The van der Waals surface area contributed by atoms with Crippen LogP contribution in [0.3, 0.4) is 0 Å². The van der Waals surface area contributed by atoms with E-state index < -0.39 is 0 Å². The number of pyridine rings is 1. The molecule has 8 heteroatoms. The number of nitrogen functional groups attached to an aromatic ring is 2. The molecule has 0 unspecified atom stereocenters. The molecule has 0 atom stereocenters. The molecule has 0 spiro atoms. The lowest BCUT2D eigenvalue weighted by atomic mass is 9.97. The van der Waals surface area contributed by atoms with Crippen LogP contribution in [0.15, 0.2) is 54.9 Å². The number of hydrogen-bond donors (Lipinski definition) is 5. The van der Waals surface area contributed by atoms with Crippen LogP contribution in [0.1, 0.15) is 34.3 Å². The molecule has 8 nitrogen and oxygen atoms in total. The Kier molecular flexibility index (Phi) is 5.73. The Morgan fingerprint density at radius 1 is 1.15 bits per heavy atom. The monoisotopic (exact) mass is 453 g/mol. The maximum absolute atomic E-state index is 13.2. The van der Waals surface area contributed by atoms with Crippen LogP contribution in [0, 0.1) is 5.41 Å². The molecule has 1 aliphatic heterocycles. The van der Waals surface area contributed by atoms with E-state index in [-0.39, 0.29) is 11.6 Å². The van der Waals surface area contributed by atoms with Gasteiger partial charge in [0.05, 0.1) is 23.0 Å². The third-order valence-electron chi connectivity index (χ3n) is 6.33. The highest BCUT2D eigenvalue weighted by molar-refractivity contribution is 6.11.